The number of aromatic nitrogens is 1. The molecule has 2 rings (SSSR count). The minimum Gasteiger partial charge on any atom is -0.491 e. The lowest BCUT2D eigenvalue weighted by molar-refractivity contribution is 0.239. The first kappa shape index (κ1) is 16.9. The molecule has 124 valence electrons. The predicted octanol–water partition coefficient (Wildman–Crippen LogP) is 2.64. The van der Waals surface area contributed by atoms with Gasteiger partial charge in [0.25, 0.3) is 0 Å². The average Bonchev–Trinajstić information content (AvgIpc) is 3.02. The van der Waals surface area contributed by atoms with Crippen molar-refractivity contribution >= 4 is 5.96 Å². The predicted molar refractivity (Wildman–Crippen MR) is 90.5 cm³/mol. The number of aliphatic imine (C=N–C) groups is 1. The van der Waals surface area contributed by atoms with Crippen molar-refractivity contribution in [2.45, 2.75) is 40.0 Å². The molecule has 0 atom stereocenters. The second-order valence-electron chi connectivity index (χ2n) is 5.55. The molecule has 23 heavy (non-hydrogen) atoms. The van der Waals surface area contributed by atoms with E-state index < -0.39 is 0 Å². The third-order valence-electron chi connectivity index (χ3n) is 3.18. The van der Waals surface area contributed by atoms with Crippen LogP contribution in [0.4, 0.5) is 0 Å². The normalized spacial score (nSPS) is 11.6. The monoisotopic (exact) mass is 316 g/mol. The number of ether oxygens (including phenoxy) is 1. The largest absolute Gasteiger partial charge is 0.491 e. The van der Waals surface area contributed by atoms with E-state index in [0.717, 1.165) is 17.0 Å². The molecule has 6 heteroatoms. The Bertz CT molecular complexity index is 636. The summed E-state index contributed by atoms with van der Waals surface area (Å²) in [7, 11) is 1.73. The van der Waals surface area contributed by atoms with Crippen LogP contribution in [-0.4, -0.2) is 24.3 Å². The van der Waals surface area contributed by atoms with Gasteiger partial charge in [-0.25, -0.2) is 0 Å². The number of benzene rings is 1. The molecule has 1 heterocycles. The van der Waals surface area contributed by atoms with Gasteiger partial charge in [-0.05, 0) is 32.4 Å². The van der Waals surface area contributed by atoms with Crippen molar-refractivity contribution in [1.29, 1.82) is 0 Å². The van der Waals surface area contributed by atoms with Gasteiger partial charge >= 0.3 is 0 Å². The minimum atomic E-state index is 0.139. The van der Waals surface area contributed by atoms with Crippen LogP contribution in [0.2, 0.25) is 0 Å². The maximum atomic E-state index is 5.89. The van der Waals surface area contributed by atoms with Gasteiger partial charge in [-0.2, -0.15) is 0 Å². The number of rotatable bonds is 6. The summed E-state index contributed by atoms with van der Waals surface area (Å²) >= 11 is 0. The second kappa shape index (κ2) is 8.22. The molecule has 0 aliphatic heterocycles. The smallest absolute Gasteiger partial charge is 0.191 e. The molecule has 0 aliphatic carbocycles. The lowest BCUT2D eigenvalue weighted by Crippen LogP contribution is -2.36. The number of nitrogens with one attached hydrogen (secondary N) is 2. The van der Waals surface area contributed by atoms with Crippen molar-refractivity contribution in [2.24, 2.45) is 4.99 Å². The lowest BCUT2D eigenvalue weighted by Gasteiger charge is -2.17. The van der Waals surface area contributed by atoms with Crippen molar-refractivity contribution in [2.75, 3.05) is 7.05 Å². The lowest BCUT2D eigenvalue weighted by atomic mass is 10.1. The van der Waals surface area contributed by atoms with E-state index in [1.807, 2.05) is 19.9 Å². The van der Waals surface area contributed by atoms with E-state index in [1.54, 1.807) is 13.3 Å². The van der Waals surface area contributed by atoms with Crippen LogP contribution in [0.25, 0.3) is 0 Å². The molecule has 0 bridgehead atoms. The fraction of sp³-hybridized carbons (Fsp3) is 0.412. The minimum absolute atomic E-state index is 0.139. The number of aryl methyl sites for hydroxylation is 1. The van der Waals surface area contributed by atoms with Crippen LogP contribution < -0.4 is 15.4 Å². The molecule has 0 aliphatic rings. The molecule has 6 nitrogen and oxygen atoms in total. The Morgan fingerprint density at radius 2 is 2.04 bits per heavy atom. The molecule has 0 amide bonds. The highest BCUT2D eigenvalue weighted by Gasteiger charge is 2.07. The molecule has 0 fully saturated rings. The first-order chi connectivity index (χ1) is 11.1. The summed E-state index contributed by atoms with van der Waals surface area (Å²) in [5.41, 5.74) is 3.10. The fourth-order valence-corrected chi connectivity index (χ4v) is 2.07. The molecule has 1 aromatic heterocycles. The number of hydrogen-bond donors (Lipinski definition) is 2. The Balaban J connectivity index is 1.95. The summed E-state index contributed by atoms with van der Waals surface area (Å²) in [4.78, 5) is 4.21. The van der Waals surface area contributed by atoms with Crippen LogP contribution in [0, 0.1) is 6.92 Å². The topological polar surface area (TPSA) is 71.7 Å². The van der Waals surface area contributed by atoms with Gasteiger partial charge < -0.3 is 19.9 Å². The maximum Gasteiger partial charge on any atom is 0.191 e. The first-order valence-corrected chi connectivity index (χ1v) is 7.68. The van der Waals surface area contributed by atoms with E-state index in [-0.39, 0.29) is 6.10 Å². The molecule has 2 aromatic rings. The van der Waals surface area contributed by atoms with Gasteiger partial charge in [0.05, 0.1) is 12.6 Å². The van der Waals surface area contributed by atoms with Crippen LogP contribution in [0.15, 0.2) is 40.0 Å². The summed E-state index contributed by atoms with van der Waals surface area (Å²) < 4.78 is 10.7. The summed E-state index contributed by atoms with van der Waals surface area (Å²) in [5.74, 6) is 1.60. The molecule has 0 unspecified atom stereocenters. The molecule has 2 N–H and O–H groups in total. The van der Waals surface area contributed by atoms with E-state index in [9.17, 15) is 0 Å². The number of nitrogens with zero attached hydrogens (tertiary/aromatic N) is 2. The van der Waals surface area contributed by atoms with Crippen molar-refractivity contribution < 1.29 is 9.26 Å². The molecular formula is C17H24N4O2. The van der Waals surface area contributed by atoms with E-state index in [0.29, 0.717) is 19.0 Å². The van der Waals surface area contributed by atoms with Crippen LogP contribution >= 0.6 is 0 Å². The van der Waals surface area contributed by atoms with Crippen LogP contribution in [0.5, 0.6) is 5.75 Å². The van der Waals surface area contributed by atoms with Crippen LogP contribution in [0.3, 0.4) is 0 Å². The van der Waals surface area contributed by atoms with Gasteiger partial charge in [0.1, 0.15) is 17.7 Å². The van der Waals surface area contributed by atoms with Crippen LogP contribution in [-0.2, 0) is 13.1 Å². The van der Waals surface area contributed by atoms with E-state index in [1.165, 1.54) is 5.56 Å². The van der Waals surface area contributed by atoms with Crippen molar-refractivity contribution in [1.82, 2.24) is 15.8 Å². The molecular weight excluding hydrogens is 292 g/mol. The first-order valence-electron chi connectivity index (χ1n) is 7.68. The molecule has 0 spiro atoms. The Morgan fingerprint density at radius 1 is 1.26 bits per heavy atom. The molecule has 0 radical (unpaired) electrons. The van der Waals surface area contributed by atoms with Crippen molar-refractivity contribution in [3.05, 3.63) is 47.3 Å². The Hall–Kier alpha value is -2.50. The quantitative estimate of drug-likeness (QED) is 0.633. The van der Waals surface area contributed by atoms with Gasteiger partial charge in [-0.1, -0.05) is 17.3 Å². The van der Waals surface area contributed by atoms with Gasteiger partial charge in [0, 0.05) is 25.2 Å². The van der Waals surface area contributed by atoms with Crippen LogP contribution in [0.1, 0.15) is 30.7 Å². The van der Waals surface area contributed by atoms with Crippen molar-refractivity contribution in [3.8, 4) is 5.75 Å². The van der Waals surface area contributed by atoms with Gasteiger partial charge in [0.2, 0.25) is 0 Å². The highest BCUT2D eigenvalue weighted by molar-refractivity contribution is 5.79. The summed E-state index contributed by atoms with van der Waals surface area (Å²) in [6, 6.07) is 8.03. The SMILES string of the molecule is CN=C(NCc1ccon1)NCc1ccc(C)cc1OC(C)C. The highest BCUT2D eigenvalue weighted by atomic mass is 16.5. The Kier molecular flexibility index (Phi) is 6.02. The Labute approximate surface area is 136 Å². The molecule has 0 saturated heterocycles. The third-order valence-corrected chi connectivity index (χ3v) is 3.18. The summed E-state index contributed by atoms with van der Waals surface area (Å²) in [5, 5.41) is 10.3. The Morgan fingerprint density at radius 3 is 2.70 bits per heavy atom. The number of guanidine groups is 1. The van der Waals surface area contributed by atoms with Gasteiger partial charge in [-0.15, -0.1) is 0 Å². The fourth-order valence-electron chi connectivity index (χ4n) is 2.07. The van der Waals surface area contributed by atoms with E-state index in [2.05, 4.69) is 45.9 Å². The average molecular weight is 316 g/mol. The molecule has 1 aromatic carbocycles. The standard InChI is InChI=1S/C17H24N4O2/c1-12(2)23-16-9-13(3)5-6-14(16)10-19-17(18-4)20-11-15-7-8-22-21-15/h5-9,12H,10-11H2,1-4H3,(H2,18,19,20). The maximum absolute atomic E-state index is 5.89. The zero-order valence-electron chi connectivity index (χ0n) is 14.1. The summed E-state index contributed by atoms with van der Waals surface area (Å²) in [6.07, 6.45) is 1.69. The number of hydrogen-bond acceptors (Lipinski definition) is 4. The van der Waals surface area contributed by atoms with E-state index in [4.69, 9.17) is 9.26 Å². The summed E-state index contributed by atoms with van der Waals surface area (Å²) in [6.45, 7) is 7.29. The van der Waals surface area contributed by atoms with Gasteiger partial charge in [-0.3, -0.25) is 4.99 Å². The third kappa shape index (κ3) is 5.32. The highest BCUT2D eigenvalue weighted by Crippen LogP contribution is 2.21. The van der Waals surface area contributed by atoms with E-state index >= 15 is 0 Å². The zero-order valence-corrected chi connectivity index (χ0v) is 14.1. The molecule has 0 saturated carbocycles. The zero-order chi connectivity index (χ0) is 16.7. The second-order valence-corrected chi connectivity index (χ2v) is 5.55. The van der Waals surface area contributed by atoms with Crippen molar-refractivity contribution in [3.63, 3.8) is 0 Å². The van der Waals surface area contributed by atoms with Gasteiger partial charge in [0.15, 0.2) is 5.96 Å².